The molecule has 4 nitrogen and oxygen atoms in total. The lowest BCUT2D eigenvalue weighted by molar-refractivity contribution is 0.101. The average Bonchev–Trinajstić information content (AvgIpc) is 3.01. The number of carbonyl (C=O) groups excluding carboxylic acids is 1. The predicted octanol–water partition coefficient (Wildman–Crippen LogP) is 2.60. The van der Waals surface area contributed by atoms with Gasteiger partial charge < -0.3 is 9.80 Å². The lowest BCUT2D eigenvalue weighted by Gasteiger charge is -2.34. The standard InChI is InChI=1S/C17H25N3O/c1-14(21)16-4-5-17(18-12-16)20-10-6-15(7-11-20)13-19-8-2-3-9-19/h4-5,12,15H,2-3,6-11,13H2,1H3. The van der Waals surface area contributed by atoms with Crippen molar-refractivity contribution in [3.05, 3.63) is 23.9 Å². The van der Waals surface area contributed by atoms with E-state index in [4.69, 9.17) is 0 Å². The largest absolute Gasteiger partial charge is 0.357 e. The van der Waals surface area contributed by atoms with Gasteiger partial charge in [-0.2, -0.15) is 0 Å². The Balaban J connectivity index is 1.51. The van der Waals surface area contributed by atoms with E-state index in [0.29, 0.717) is 5.56 Å². The van der Waals surface area contributed by atoms with Crippen LogP contribution in [0.3, 0.4) is 0 Å². The second kappa shape index (κ2) is 6.56. The monoisotopic (exact) mass is 287 g/mol. The van der Waals surface area contributed by atoms with Crippen LogP contribution in [-0.4, -0.2) is 48.4 Å². The third-order valence-corrected chi connectivity index (χ3v) is 4.81. The number of ketones is 1. The Bertz CT molecular complexity index is 471. The van der Waals surface area contributed by atoms with Gasteiger partial charge in [0.2, 0.25) is 0 Å². The maximum Gasteiger partial charge on any atom is 0.161 e. The van der Waals surface area contributed by atoms with E-state index in [1.165, 1.54) is 45.3 Å². The summed E-state index contributed by atoms with van der Waals surface area (Å²) in [6.45, 7) is 7.64. The van der Waals surface area contributed by atoms with Gasteiger partial charge in [0.05, 0.1) is 0 Å². The van der Waals surface area contributed by atoms with Crippen molar-refractivity contribution in [2.24, 2.45) is 5.92 Å². The molecule has 2 saturated heterocycles. The molecule has 2 fully saturated rings. The van der Waals surface area contributed by atoms with Crippen LogP contribution >= 0.6 is 0 Å². The number of hydrogen-bond donors (Lipinski definition) is 0. The number of Topliss-reactive ketones (excluding diaryl/α,β-unsaturated/α-hetero) is 1. The molecule has 3 rings (SSSR count). The lowest BCUT2D eigenvalue weighted by Crippen LogP contribution is -2.38. The van der Waals surface area contributed by atoms with E-state index >= 15 is 0 Å². The van der Waals surface area contributed by atoms with Crippen molar-refractivity contribution in [2.45, 2.75) is 32.6 Å². The van der Waals surface area contributed by atoms with Gasteiger partial charge in [-0.1, -0.05) is 0 Å². The maximum atomic E-state index is 11.3. The summed E-state index contributed by atoms with van der Waals surface area (Å²) in [5.74, 6) is 1.94. The Kier molecular flexibility index (Phi) is 4.54. The van der Waals surface area contributed by atoms with Gasteiger partial charge >= 0.3 is 0 Å². The van der Waals surface area contributed by atoms with Crippen molar-refractivity contribution in [3.8, 4) is 0 Å². The molecule has 1 aromatic heterocycles. The summed E-state index contributed by atoms with van der Waals surface area (Å²) in [4.78, 5) is 20.7. The minimum atomic E-state index is 0.0818. The molecule has 1 aromatic rings. The van der Waals surface area contributed by atoms with Gasteiger partial charge in [0.1, 0.15) is 5.82 Å². The Morgan fingerprint density at radius 2 is 1.90 bits per heavy atom. The van der Waals surface area contributed by atoms with E-state index in [-0.39, 0.29) is 5.78 Å². The van der Waals surface area contributed by atoms with Crippen LogP contribution in [0, 0.1) is 5.92 Å². The first kappa shape index (κ1) is 14.5. The minimum Gasteiger partial charge on any atom is -0.357 e. The third kappa shape index (κ3) is 3.62. The highest BCUT2D eigenvalue weighted by atomic mass is 16.1. The van der Waals surface area contributed by atoms with E-state index in [1.807, 2.05) is 12.1 Å². The van der Waals surface area contributed by atoms with E-state index in [1.54, 1.807) is 13.1 Å². The molecule has 0 radical (unpaired) electrons. The van der Waals surface area contributed by atoms with Crippen molar-refractivity contribution in [3.63, 3.8) is 0 Å². The highest BCUT2D eigenvalue weighted by Gasteiger charge is 2.23. The summed E-state index contributed by atoms with van der Waals surface area (Å²) in [5.41, 5.74) is 0.697. The van der Waals surface area contributed by atoms with Crippen molar-refractivity contribution in [1.29, 1.82) is 0 Å². The van der Waals surface area contributed by atoms with Crippen molar-refractivity contribution in [2.75, 3.05) is 37.6 Å². The van der Waals surface area contributed by atoms with Gasteiger partial charge in [-0.05, 0) is 63.7 Å². The maximum absolute atomic E-state index is 11.3. The fourth-order valence-corrected chi connectivity index (χ4v) is 3.46. The summed E-state index contributed by atoms with van der Waals surface area (Å²) < 4.78 is 0. The molecule has 0 saturated carbocycles. The fourth-order valence-electron chi connectivity index (χ4n) is 3.46. The number of nitrogens with zero attached hydrogens (tertiary/aromatic N) is 3. The first-order valence-corrected chi connectivity index (χ1v) is 8.16. The van der Waals surface area contributed by atoms with E-state index in [9.17, 15) is 4.79 Å². The SMILES string of the molecule is CC(=O)c1ccc(N2CCC(CN3CCCC3)CC2)nc1. The van der Waals surface area contributed by atoms with Crippen LogP contribution in [0.5, 0.6) is 0 Å². The highest BCUT2D eigenvalue weighted by molar-refractivity contribution is 5.93. The van der Waals surface area contributed by atoms with Crippen LogP contribution in [-0.2, 0) is 0 Å². The molecular weight excluding hydrogens is 262 g/mol. The summed E-state index contributed by atoms with van der Waals surface area (Å²) in [7, 11) is 0. The lowest BCUT2D eigenvalue weighted by atomic mass is 9.96. The second-order valence-corrected chi connectivity index (χ2v) is 6.40. The summed E-state index contributed by atoms with van der Waals surface area (Å²) in [6.07, 6.45) is 6.98. The molecule has 2 aliphatic rings. The Morgan fingerprint density at radius 3 is 2.48 bits per heavy atom. The number of anilines is 1. The van der Waals surface area contributed by atoms with Crippen LogP contribution in [0.25, 0.3) is 0 Å². The van der Waals surface area contributed by atoms with Crippen LogP contribution in [0.15, 0.2) is 18.3 Å². The zero-order valence-electron chi connectivity index (χ0n) is 12.9. The van der Waals surface area contributed by atoms with Crippen molar-refractivity contribution < 1.29 is 4.79 Å². The summed E-state index contributed by atoms with van der Waals surface area (Å²) >= 11 is 0. The molecule has 0 unspecified atom stereocenters. The molecule has 0 amide bonds. The van der Waals surface area contributed by atoms with E-state index < -0.39 is 0 Å². The zero-order chi connectivity index (χ0) is 14.7. The molecule has 0 atom stereocenters. The molecule has 0 bridgehead atoms. The average molecular weight is 287 g/mol. The zero-order valence-corrected chi connectivity index (χ0v) is 12.9. The summed E-state index contributed by atoms with van der Waals surface area (Å²) in [5, 5.41) is 0. The first-order chi connectivity index (χ1) is 10.2. The van der Waals surface area contributed by atoms with Crippen LogP contribution in [0.1, 0.15) is 43.0 Å². The second-order valence-electron chi connectivity index (χ2n) is 6.40. The smallest absolute Gasteiger partial charge is 0.161 e. The number of carbonyl (C=O) groups is 1. The molecule has 2 aliphatic heterocycles. The number of likely N-dealkylation sites (tertiary alicyclic amines) is 1. The van der Waals surface area contributed by atoms with Crippen LogP contribution < -0.4 is 4.90 Å². The third-order valence-electron chi connectivity index (χ3n) is 4.81. The number of piperidine rings is 1. The number of rotatable bonds is 4. The van der Waals surface area contributed by atoms with E-state index in [2.05, 4.69) is 14.8 Å². The molecule has 4 heteroatoms. The molecular formula is C17H25N3O. The van der Waals surface area contributed by atoms with Gasteiger partial charge in [-0.25, -0.2) is 4.98 Å². The van der Waals surface area contributed by atoms with Gasteiger partial charge in [-0.15, -0.1) is 0 Å². The number of pyridine rings is 1. The first-order valence-electron chi connectivity index (χ1n) is 8.16. The van der Waals surface area contributed by atoms with Gasteiger partial charge in [0, 0.05) is 31.4 Å². The van der Waals surface area contributed by atoms with Crippen molar-refractivity contribution >= 4 is 11.6 Å². The topological polar surface area (TPSA) is 36.4 Å². The van der Waals surface area contributed by atoms with Gasteiger partial charge in [-0.3, -0.25) is 4.79 Å². The molecule has 3 heterocycles. The fraction of sp³-hybridized carbons (Fsp3) is 0.647. The Hall–Kier alpha value is -1.42. The van der Waals surface area contributed by atoms with Crippen LogP contribution in [0.2, 0.25) is 0 Å². The molecule has 0 aliphatic carbocycles. The van der Waals surface area contributed by atoms with Gasteiger partial charge in [0.15, 0.2) is 5.78 Å². The number of aromatic nitrogens is 1. The molecule has 0 N–H and O–H groups in total. The number of hydrogen-bond acceptors (Lipinski definition) is 4. The molecule has 0 spiro atoms. The van der Waals surface area contributed by atoms with Crippen molar-refractivity contribution in [1.82, 2.24) is 9.88 Å². The molecule has 0 aromatic carbocycles. The van der Waals surface area contributed by atoms with Crippen LogP contribution in [0.4, 0.5) is 5.82 Å². The van der Waals surface area contributed by atoms with E-state index in [0.717, 1.165) is 24.8 Å². The molecule has 114 valence electrons. The normalized spacial score (nSPS) is 20.9. The quantitative estimate of drug-likeness (QED) is 0.798. The predicted molar refractivity (Wildman–Crippen MR) is 84.9 cm³/mol. The van der Waals surface area contributed by atoms with Gasteiger partial charge in [0.25, 0.3) is 0 Å². The Morgan fingerprint density at radius 1 is 1.19 bits per heavy atom. The minimum absolute atomic E-state index is 0.0818. The highest BCUT2D eigenvalue weighted by Crippen LogP contribution is 2.23. The molecule has 21 heavy (non-hydrogen) atoms. The summed E-state index contributed by atoms with van der Waals surface area (Å²) in [6, 6.07) is 3.87. The Labute approximate surface area is 127 Å².